The van der Waals surface area contributed by atoms with Crippen molar-refractivity contribution >= 4 is 0 Å². The van der Waals surface area contributed by atoms with Crippen LogP contribution in [0.3, 0.4) is 0 Å². The van der Waals surface area contributed by atoms with Crippen molar-refractivity contribution in [3.63, 3.8) is 0 Å². The van der Waals surface area contributed by atoms with Gasteiger partial charge in [-0.3, -0.25) is 0 Å². The van der Waals surface area contributed by atoms with Gasteiger partial charge in [0.15, 0.2) is 0 Å². The zero-order valence-corrected chi connectivity index (χ0v) is 10.7. The Hall–Kier alpha value is -0.0800. The topological polar surface area (TPSA) is 38.0 Å². The van der Waals surface area contributed by atoms with E-state index in [1.54, 1.807) is 0 Å². The minimum Gasteiger partial charge on any atom is -0.327 e. The fraction of sp³-hybridized carbons (Fsp3) is 1.00. The SMILES string of the molecule is CCC(C)(C)CNCC1CCCCC1N. The molecule has 2 nitrogen and oxygen atoms in total. The van der Waals surface area contributed by atoms with Crippen molar-refractivity contribution in [3.8, 4) is 0 Å². The molecule has 0 aliphatic heterocycles. The maximum Gasteiger partial charge on any atom is 0.00792 e. The van der Waals surface area contributed by atoms with Gasteiger partial charge in [0, 0.05) is 12.6 Å². The zero-order chi connectivity index (χ0) is 11.3. The molecule has 0 amide bonds. The fourth-order valence-electron chi connectivity index (χ4n) is 2.21. The minimum absolute atomic E-state index is 0.429. The van der Waals surface area contributed by atoms with Gasteiger partial charge in [0.25, 0.3) is 0 Å². The third-order valence-corrected chi connectivity index (χ3v) is 3.94. The summed E-state index contributed by atoms with van der Waals surface area (Å²) in [6.45, 7) is 9.13. The predicted molar refractivity (Wildman–Crippen MR) is 66.9 cm³/mol. The van der Waals surface area contributed by atoms with E-state index >= 15 is 0 Å². The molecule has 15 heavy (non-hydrogen) atoms. The fourth-order valence-corrected chi connectivity index (χ4v) is 2.21. The normalized spacial score (nSPS) is 28.0. The van der Waals surface area contributed by atoms with Gasteiger partial charge in [0.1, 0.15) is 0 Å². The summed E-state index contributed by atoms with van der Waals surface area (Å²) >= 11 is 0. The highest BCUT2D eigenvalue weighted by Crippen LogP contribution is 2.23. The molecule has 0 aromatic heterocycles. The van der Waals surface area contributed by atoms with E-state index in [1.807, 2.05) is 0 Å². The molecule has 2 unspecified atom stereocenters. The molecule has 0 radical (unpaired) electrons. The van der Waals surface area contributed by atoms with Crippen LogP contribution in [-0.2, 0) is 0 Å². The Labute approximate surface area is 95.0 Å². The molecule has 1 saturated carbocycles. The van der Waals surface area contributed by atoms with E-state index in [9.17, 15) is 0 Å². The molecule has 1 aliphatic rings. The van der Waals surface area contributed by atoms with Crippen molar-refractivity contribution in [2.45, 2.75) is 58.9 Å². The van der Waals surface area contributed by atoms with Gasteiger partial charge in [-0.05, 0) is 37.1 Å². The molecule has 90 valence electrons. The Balaban J connectivity index is 2.19. The van der Waals surface area contributed by atoms with Crippen LogP contribution in [0.25, 0.3) is 0 Å². The third kappa shape index (κ3) is 4.52. The summed E-state index contributed by atoms with van der Waals surface area (Å²) in [5.74, 6) is 0.714. The Bertz CT molecular complexity index is 177. The highest BCUT2D eigenvalue weighted by molar-refractivity contribution is 4.80. The first-order chi connectivity index (χ1) is 7.05. The minimum atomic E-state index is 0.429. The van der Waals surface area contributed by atoms with Crippen molar-refractivity contribution in [1.82, 2.24) is 5.32 Å². The van der Waals surface area contributed by atoms with Gasteiger partial charge in [-0.25, -0.2) is 0 Å². The van der Waals surface area contributed by atoms with Crippen LogP contribution >= 0.6 is 0 Å². The van der Waals surface area contributed by atoms with Crippen LogP contribution in [0.5, 0.6) is 0 Å². The number of hydrogen-bond donors (Lipinski definition) is 2. The summed E-state index contributed by atoms with van der Waals surface area (Å²) in [6, 6.07) is 0.441. The lowest BCUT2D eigenvalue weighted by Gasteiger charge is -2.30. The molecule has 0 saturated heterocycles. The molecule has 0 aromatic carbocycles. The third-order valence-electron chi connectivity index (χ3n) is 3.94. The van der Waals surface area contributed by atoms with E-state index in [0.717, 1.165) is 13.1 Å². The summed E-state index contributed by atoms with van der Waals surface area (Å²) in [5.41, 5.74) is 6.55. The van der Waals surface area contributed by atoms with Crippen molar-refractivity contribution in [3.05, 3.63) is 0 Å². The van der Waals surface area contributed by atoms with Crippen LogP contribution in [-0.4, -0.2) is 19.1 Å². The van der Waals surface area contributed by atoms with Crippen LogP contribution in [0.2, 0.25) is 0 Å². The van der Waals surface area contributed by atoms with E-state index in [1.165, 1.54) is 32.1 Å². The van der Waals surface area contributed by atoms with Crippen molar-refractivity contribution < 1.29 is 0 Å². The second-order valence-electron chi connectivity index (χ2n) is 5.86. The molecule has 0 bridgehead atoms. The molecule has 2 atom stereocenters. The maximum atomic E-state index is 6.12. The second-order valence-corrected chi connectivity index (χ2v) is 5.86. The van der Waals surface area contributed by atoms with Gasteiger partial charge < -0.3 is 11.1 Å². The Morgan fingerprint density at radius 1 is 1.27 bits per heavy atom. The summed E-state index contributed by atoms with van der Waals surface area (Å²) in [5, 5.41) is 3.60. The molecule has 0 heterocycles. The van der Waals surface area contributed by atoms with Crippen molar-refractivity contribution in [2.75, 3.05) is 13.1 Å². The molecule has 3 N–H and O–H groups in total. The van der Waals surface area contributed by atoms with Crippen LogP contribution in [0.1, 0.15) is 52.9 Å². The molecule has 1 fully saturated rings. The highest BCUT2D eigenvalue weighted by atomic mass is 14.9. The number of nitrogens with one attached hydrogen (secondary N) is 1. The van der Waals surface area contributed by atoms with Crippen molar-refractivity contribution in [1.29, 1.82) is 0 Å². The van der Waals surface area contributed by atoms with Gasteiger partial charge in [0.05, 0.1) is 0 Å². The van der Waals surface area contributed by atoms with Crippen molar-refractivity contribution in [2.24, 2.45) is 17.1 Å². The monoisotopic (exact) mass is 212 g/mol. The molecule has 0 aromatic rings. The summed E-state index contributed by atoms with van der Waals surface area (Å²) in [4.78, 5) is 0. The zero-order valence-electron chi connectivity index (χ0n) is 10.7. The van der Waals surface area contributed by atoms with E-state index < -0.39 is 0 Å². The van der Waals surface area contributed by atoms with Gasteiger partial charge >= 0.3 is 0 Å². The number of nitrogens with two attached hydrogens (primary N) is 1. The molecule has 0 spiro atoms. The molecular weight excluding hydrogens is 184 g/mol. The quantitative estimate of drug-likeness (QED) is 0.735. The van der Waals surface area contributed by atoms with Crippen LogP contribution in [0, 0.1) is 11.3 Å². The Morgan fingerprint density at radius 2 is 1.93 bits per heavy atom. The Kier molecular flexibility index (Phi) is 5.07. The molecule has 1 rings (SSSR count). The average Bonchev–Trinajstić information content (AvgIpc) is 2.21. The first-order valence-electron chi connectivity index (χ1n) is 6.51. The maximum absolute atomic E-state index is 6.12. The lowest BCUT2D eigenvalue weighted by atomic mass is 9.84. The van der Waals surface area contributed by atoms with E-state index in [-0.39, 0.29) is 0 Å². The van der Waals surface area contributed by atoms with Gasteiger partial charge in [-0.1, -0.05) is 33.6 Å². The molecule has 2 heteroatoms. The van der Waals surface area contributed by atoms with Gasteiger partial charge in [0.2, 0.25) is 0 Å². The standard InChI is InChI=1S/C13H28N2/c1-4-13(2,3)10-15-9-11-7-5-6-8-12(11)14/h11-12,15H,4-10,14H2,1-3H3. The van der Waals surface area contributed by atoms with Crippen LogP contribution < -0.4 is 11.1 Å². The predicted octanol–water partition coefficient (Wildman–Crippen LogP) is 2.53. The van der Waals surface area contributed by atoms with Crippen LogP contribution in [0.4, 0.5) is 0 Å². The lowest BCUT2D eigenvalue weighted by Crippen LogP contribution is -2.41. The number of hydrogen-bond acceptors (Lipinski definition) is 2. The van der Waals surface area contributed by atoms with E-state index in [0.29, 0.717) is 17.4 Å². The smallest absolute Gasteiger partial charge is 0.00792 e. The van der Waals surface area contributed by atoms with E-state index in [2.05, 4.69) is 26.1 Å². The average molecular weight is 212 g/mol. The summed E-state index contributed by atoms with van der Waals surface area (Å²) in [6.07, 6.45) is 6.48. The lowest BCUT2D eigenvalue weighted by molar-refractivity contribution is 0.267. The molecular formula is C13H28N2. The first kappa shape index (κ1) is 13.0. The second kappa shape index (κ2) is 5.86. The Morgan fingerprint density at radius 3 is 2.53 bits per heavy atom. The largest absolute Gasteiger partial charge is 0.327 e. The van der Waals surface area contributed by atoms with Gasteiger partial charge in [-0.15, -0.1) is 0 Å². The summed E-state index contributed by atoms with van der Waals surface area (Å²) < 4.78 is 0. The summed E-state index contributed by atoms with van der Waals surface area (Å²) in [7, 11) is 0. The molecule has 1 aliphatic carbocycles. The highest BCUT2D eigenvalue weighted by Gasteiger charge is 2.22. The van der Waals surface area contributed by atoms with Crippen LogP contribution in [0.15, 0.2) is 0 Å². The van der Waals surface area contributed by atoms with E-state index in [4.69, 9.17) is 5.73 Å². The number of rotatable bonds is 5. The first-order valence-corrected chi connectivity index (χ1v) is 6.51. The van der Waals surface area contributed by atoms with Gasteiger partial charge in [-0.2, -0.15) is 0 Å².